The molecule has 0 aromatic rings. The Balaban J connectivity index is 0.000000106. The first-order chi connectivity index (χ1) is 18.5. The summed E-state index contributed by atoms with van der Waals surface area (Å²) in [4.78, 5) is 0. The fraction of sp³-hybridized carbons (Fsp3) is 1.00. The minimum atomic E-state index is 0.722. The summed E-state index contributed by atoms with van der Waals surface area (Å²) in [6.45, 7) is 12.6. The number of rotatable bonds is 0. The van der Waals surface area contributed by atoms with Gasteiger partial charge < -0.3 is 17.9 Å². The molecule has 0 aromatic carbocycles. The Labute approximate surface area is 244 Å². The largest absolute Gasteiger partial charge is 0.326 e. The standard InChI is InChI=1S/C10H18N.C10H20N.C8H16N.C7H16N/c1-4-10-5-2-8-11(10,7-1)9-3-6-10;1-11(2)9-5-8-10(11)6-3-4-7-10;1-9-6-2-4-8(9)5-3-7-9;1-7-5-4-6-8(7,2)3/h1-9H2;3-9H2,1-2H3;8H,2-7H2,1H3;7H,4-6H2,1-3H3/q4*+1. The molecule has 0 radical (unpaired) electrons. The molecule has 8 aliphatic rings. The van der Waals surface area contributed by atoms with E-state index in [2.05, 4.69) is 42.2 Å². The highest BCUT2D eigenvalue weighted by molar-refractivity contribution is 4.94. The van der Waals surface area contributed by atoms with Gasteiger partial charge in [-0.15, -0.1) is 0 Å². The Morgan fingerprint density at radius 1 is 0.462 bits per heavy atom. The number of likely N-dealkylation sites (tertiary alicyclic amines) is 2. The molecule has 0 aromatic heterocycles. The van der Waals surface area contributed by atoms with Crippen LogP contribution >= 0.6 is 0 Å². The lowest BCUT2D eigenvalue weighted by molar-refractivity contribution is -0.938. The van der Waals surface area contributed by atoms with Crippen molar-refractivity contribution in [2.45, 2.75) is 146 Å². The summed E-state index contributed by atoms with van der Waals surface area (Å²) < 4.78 is 5.53. The van der Waals surface area contributed by atoms with Crippen molar-refractivity contribution in [3.05, 3.63) is 0 Å². The van der Waals surface area contributed by atoms with Crippen molar-refractivity contribution in [3.63, 3.8) is 0 Å². The minimum absolute atomic E-state index is 0.722. The summed E-state index contributed by atoms with van der Waals surface area (Å²) in [5, 5.41) is 0. The first kappa shape index (κ1) is 30.3. The maximum Gasteiger partial charge on any atom is 0.0999 e. The summed E-state index contributed by atoms with van der Waals surface area (Å²) in [6.07, 6.45) is 27.1. The molecule has 0 amide bonds. The molecule has 1 saturated carbocycles. The lowest BCUT2D eigenvalue weighted by Gasteiger charge is -2.41. The Kier molecular flexibility index (Phi) is 8.93. The third kappa shape index (κ3) is 5.76. The highest BCUT2D eigenvalue weighted by atomic mass is 15.5. The Hall–Kier alpha value is -0.160. The second-order valence-corrected chi connectivity index (χ2v) is 17.2. The molecule has 7 heterocycles. The Bertz CT molecular complexity index is 734. The second-order valence-electron chi connectivity index (χ2n) is 17.2. The van der Waals surface area contributed by atoms with Gasteiger partial charge in [-0.3, -0.25) is 0 Å². The molecule has 7 aliphatic heterocycles. The SMILES string of the molecule is C1CC23CCC[N+]2(C1)CCC3.CC1CCC[N+]1(C)C.C[N+]1(C)CCCC12CCCC2.C[N+]12CCCC1CCC2. The van der Waals surface area contributed by atoms with Gasteiger partial charge in [0.1, 0.15) is 0 Å². The monoisotopic (exact) mass is 547 g/mol. The fourth-order valence-electron chi connectivity index (χ4n) is 11.5. The van der Waals surface area contributed by atoms with Crippen molar-refractivity contribution < 1.29 is 17.9 Å². The van der Waals surface area contributed by atoms with E-state index >= 15 is 0 Å². The zero-order valence-electron chi connectivity index (χ0n) is 27.6. The van der Waals surface area contributed by atoms with E-state index in [-0.39, 0.29) is 0 Å². The first-order valence-electron chi connectivity index (χ1n) is 17.8. The number of fused-ring (bicyclic) bond motifs is 1. The highest BCUT2D eigenvalue weighted by Gasteiger charge is 2.60. The molecule has 0 bridgehead atoms. The average Bonchev–Trinajstić information content (AvgIpc) is 3.67. The van der Waals surface area contributed by atoms with Crippen LogP contribution < -0.4 is 0 Å². The molecule has 8 rings (SSSR count). The molecular weight excluding hydrogens is 476 g/mol. The van der Waals surface area contributed by atoms with Gasteiger partial charge in [-0.2, -0.15) is 0 Å². The van der Waals surface area contributed by atoms with Crippen LogP contribution in [0.15, 0.2) is 0 Å². The zero-order valence-corrected chi connectivity index (χ0v) is 27.6. The fourth-order valence-corrected chi connectivity index (χ4v) is 11.5. The molecule has 1 atom stereocenters. The molecule has 8 fully saturated rings. The molecule has 7 saturated heterocycles. The van der Waals surface area contributed by atoms with E-state index < -0.39 is 0 Å². The van der Waals surface area contributed by atoms with Gasteiger partial charge in [0.25, 0.3) is 0 Å². The third-order valence-electron chi connectivity index (χ3n) is 14.7. The topological polar surface area (TPSA) is 0 Å². The van der Waals surface area contributed by atoms with Crippen LogP contribution in [-0.4, -0.2) is 122 Å². The van der Waals surface area contributed by atoms with Crippen LogP contribution in [0.25, 0.3) is 0 Å². The van der Waals surface area contributed by atoms with Gasteiger partial charge >= 0.3 is 0 Å². The highest BCUT2D eigenvalue weighted by Crippen LogP contribution is 2.52. The molecular formula is C35H70N4+4. The molecule has 4 heteroatoms. The van der Waals surface area contributed by atoms with Gasteiger partial charge in [-0.05, 0) is 19.8 Å². The summed E-state index contributed by atoms with van der Waals surface area (Å²) >= 11 is 0. The molecule has 39 heavy (non-hydrogen) atoms. The van der Waals surface area contributed by atoms with Crippen LogP contribution in [0.3, 0.4) is 0 Å². The lowest BCUT2D eigenvalue weighted by Crippen LogP contribution is -2.53. The zero-order chi connectivity index (χ0) is 27.8. The van der Waals surface area contributed by atoms with Crippen molar-refractivity contribution in [1.82, 2.24) is 0 Å². The van der Waals surface area contributed by atoms with Gasteiger partial charge in [0, 0.05) is 103 Å². The van der Waals surface area contributed by atoms with E-state index in [9.17, 15) is 0 Å². The number of nitrogens with zero attached hydrogens (tertiary/aromatic N) is 4. The lowest BCUT2D eigenvalue weighted by atomic mass is 9.91. The minimum Gasteiger partial charge on any atom is -0.326 e. The van der Waals surface area contributed by atoms with Crippen LogP contribution in [0, 0.1) is 0 Å². The first-order valence-corrected chi connectivity index (χ1v) is 17.8. The van der Waals surface area contributed by atoms with Crippen molar-refractivity contribution >= 4 is 0 Å². The normalized spacial score (nSPS) is 43.5. The average molecular weight is 547 g/mol. The molecule has 1 aliphatic carbocycles. The summed E-state index contributed by atoms with van der Waals surface area (Å²) in [5.41, 5.74) is 1.56. The second kappa shape index (κ2) is 11.5. The van der Waals surface area contributed by atoms with Gasteiger partial charge in [-0.25, -0.2) is 0 Å². The van der Waals surface area contributed by atoms with Crippen LogP contribution in [0.2, 0.25) is 0 Å². The summed E-state index contributed by atoms with van der Waals surface area (Å²) in [7, 11) is 11.9. The van der Waals surface area contributed by atoms with E-state index in [0.717, 1.165) is 23.2 Å². The van der Waals surface area contributed by atoms with Crippen molar-refractivity contribution in [1.29, 1.82) is 0 Å². The number of hydrogen-bond acceptors (Lipinski definition) is 0. The van der Waals surface area contributed by atoms with E-state index in [1.54, 1.807) is 23.7 Å². The molecule has 226 valence electrons. The van der Waals surface area contributed by atoms with Crippen molar-refractivity contribution in [3.8, 4) is 0 Å². The summed E-state index contributed by atoms with van der Waals surface area (Å²) in [5.74, 6) is 0. The molecule has 4 nitrogen and oxygen atoms in total. The summed E-state index contributed by atoms with van der Waals surface area (Å²) in [6, 6.07) is 1.96. The molecule has 1 unspecified atom stereocenters. The van der Waals surface area contributed by atoms with Crippen molar-refractivity contribution in [2.75, 3.05) is 81.1 Å². The van der Waals surface area contributed by atoms with E-state index in [4.69, 9.17) is 0 Å². The maximum atomic E-state index is 2.44. The van der Waals surface area contributed by atoms with Gasteiger partial charge in [-0.1, -0.05) is 0 Å². The van der Waals surface area contributed by atoms with Crippen LogP contribution in [0.5, 0.6) is 0 Å². The predicted octanol–water partition coefficient (Wildman–Crippen LogP) is 6.73. The van der Waals surface area contributed by atoms with Gasteiger partial charge in [0.15, 0.2) is 0 Å². The van der Waals surface area contributed by atoms with E-state index in [0.29, 0.717) is 0 Å². The Morgan fingerprint density at radius 3 is 1.28 bits per heavy atom. The Morgan fingerprint density at radius 2 is 0.923 bits per heavy atom. The van der Waals surface area contributed by atoms with E-state index in [1.807, 2.05) is 0 Å². The van der Waals surface area contributed by atoms with Crippen LogP contribution in [-0.2, 0) is 0 Å². The van der Waals surface area contributed by atoms with Crippen LogP contribution in [0.1, 0.15) is 122 Å². The number of quaternary nitrogens is 4. The van der Waals surface area contributed by atoms with Crippen molar-refractivity contribution in [2.24, 2.45) is 0 Å². The number of hydrogen-bond donors (Lipinski definition) is 0. The molecule has 0 N–H and O–H groups in total. The maximum absolute atomic E-state index is 2.44. The van der Waals surface area contributed by atoms with Gasteiger partial charge in [0.2, 0.25) is 0 Å². The quantitative estimate of drug-likeness (QED) is 0.296. The predicted molar refractivity (Wildman–Crippen MR) is 167 cm³/mol. The van der Waals surface area contributed by atoms with Crippen LogP contribution in [0.4, 0.5) is 0 Å². The third-order valence-corrected chi connectivity index (χ3v) is 14.7. The smallest absolute Gasteiger partial charge is 0.0999 e. The van der Waals surface area contributed by atoms with Gasteiger partial charge in [0.05, 0.1) is 104 Å². The molecule has 1 spiro atoms. The van der Waals surface area contributed by atoms with E-state index in [1.165, 1.54) is 156 Å².